The molecular formula is C17H37O7PSi. The van der Waals surface area contributed by atoms with Crippen molar-refractivity contribution in [3.63, 3.8) is 0 Å². The first-order valence-electron chi connectivity index (χ1n) is 9.26. The van der Waals surface area contributed by atoms with Gasteiger partial charge in [0.25, 0.3) is 5.85 Å². The molecule has 1 unspecified atom stereocenters. The molecule has 0 rings (SSSR count). The highest BCUT2D eigenvalue weighted by Gasteiger charge is 2.43. The van der Waals surface area contributed by atoms with Crippen LogP contribution in [0.5, 0.6) is 0 Å². The monoisotopic (exact) mass is 412 g/mol. The third kappa shape index (κ3) is 8.19. The van der Waals surface area contributed by atoms with Crippen molar-refractivity contribution in [1.29, 1.82) is 0 Å². The molecular weight excluding hydrogens is 375 g/mol. The van der Waals surface area contributed by atoms with Gasteiger partial charge in [-0.1, -0.05) is 20.8 Å². The average molecular weight is 413 g/mol. The quantitative estimate of drug-likeness (QED) is 0.190. The van der Waals surface area contributed by atoms with Crippen LogP contribution in [0.15, 0.2) is 0 Å². The summed E-state index contributed by atoms with van der Waals surface area (Å²) in [4.78, 5) is 12.2. The number of hydrogen-bond acceptors (Lipinski definition) is 7. The van der Waals surface area contributed by atoms with Crippen molar-refractivity contribution < 1.29 is 32.3 Å². The third-order valence-electron chi connectivity index (χ3n) is 4.23. The molecule has 0 bridgehead atoms. The molecule has 0 N–H and O–H groups in total. The second kappa shape index (κ2) is 11.6. The Balaban J connectivity index is 4.81. The van der Waals surface area contributed by atoms with E-state index in [0.29, 0.717) is 13.0 Å². The van der Waals surface area contributed by atoms with Crippen LogP contribution in [0.25, 0.3) is 0 Å². The molecule has 0 aromatic carbocycles. The highest BCUT2D eigenvalue weighted by atomic mass is 31.2. The minimum absolute atomic E-state index is 0.126. The molecule has 0 aliphatic carbocycles. The number of carbonyl (C=O) groups excluding carboxylic acids is 1. The SMILES string of the molecule is CCOC(=O)C(OCCCO[Si](C)(C)C(C)(C)C)P(=O)(OCC)OCC. The van der Waals surface area contributed by atoms with E-state index in [0.717, 1.165) is 0 Å². The molecule has 156 valence electrons. The second-order valence-electron chi connectivity index (χ2n) is 7.31. The molecule has 0 fully saturated rings. The Morgan fingerprint density at radius 3 is 1.96 bits per heavy atom. The largest absolute Gasteiger partial charge is 0.464 e. The number of rotatable bonds is 13. The van der Waals surface area contributed by atoms with Gasteiger partial charge in [-0.15, -0.1) is 0 Å². The number of hydrogen-bond donors (Lipinski definition) is 0. The second-order valence-corrected chi connectivity index (χ2v) is 14.2. The summed E-state index contributed by atoms with van der Waals surface area (Å²) in [6, 6.07) is 0. The van der Waals surface area contributed by atoms with Crippen molar-refractivity contribution in [2.75, 3.05) is 33.0 Å². The van der Waals surface area contributed by atoms with E-state index in [4.69, 9.17) is 22.9 Å². The molecule has 26 heavy (non-hydrogen) atoms. The number of ether oxygens (including phenoxy) is 2. The summed E-state index contributed by atoms with van der Waals surface area (Å²) in [7, 11) is -5.58. The lowest BCUT2D eigenvalue weighted by Gasteiger charge is -2.36. The third-order valence-corrected chi connectivity index (χ3v) is 10.9. The average Bonchev–Trinajstić information content (AvgIpc) is 2.50. The van der Waals surface area contributed by atoms with Gasteiger partial charge in [0.2, 0.25) is 0 Å². The fourth-order valence-corrected chi connectivity index (χ4v) is 4.61. The minimum atomic E-state index is -3.75. The van der Waals surface area contributed by atoms with Gasteiger partial charge in [0.1, 0.15) is 0 Å². The van der Waals surface area contributed by atoms with Crippen LogP contribution in [0, 0.1) is 0 Å². The Bertz CT molecular complexity index is 453. The summed E-state index contributed by atoms with van der Waals surface area (Å²) >= 11 is 0. The fraction of sp³-hybridized carbons (Fsp3) is 0.941. The van der Waals surface area contributed by atoms with Crippen molar-refractivity contribution in [2.45, 2.75) is 71.9 Å². The summed E-state index contributed by atoms with van der Waals surface area (Å²) in [5.41, 5.74) is 0. The van der Waals surface area contributed by atoms with E-state index >= 15 is 0 Å². The van der Waals surface area contributed by atoms with Gasteiger partial charge >= 0.3 is 13.6 Å². The molecule has 9 heteroatoms. The van der Waals surface area contributed by atoms with Crippen LogP contribution in [0.4, 0.5) is 0 Å². The molecule has 0 spiro atoms. The van der Waals surface area contributed by atoms with E-state index < -0.39 is 27.7 Å². The summed E-state index contributed by atoms with van der Waals surface area (Å²) in [6.07, 6.45) is 0.570. The molecule has 0 radical (unpaired) electrons. The van der Waals surface area contributed by atoms with Crippen LogP contribution in [0.1, 0.15) is 48.0 Å². The van der Waals surface area contributed by atoms with E-state index in [-0.39, 0.29) is 31.5 Å². The maximum atomic E-state index is 12.9. The number of carbonyl (C=O) groups is 1. The van der Waals surface area contributed by atoms with Crippen LogP contribution in [0.2, 0.25) is 18.1 Å². The van der Waals surface area contributed by atoms with Gasteiger partial charge in [0.15, 0.2) is 8.32 Å². The lowest BCUT2D eigenvalue weighted by Crippen LogP contribution is -2.41. The van der Waals surface area contributed by atoms with Crippen molar-refractivity contribution in [2.24, 2.45) is 0 Å². The van der Waals surface area contributed by atoms with Gasteiger partial charge < -0.3 is 22.9 Å². The van der Waals surface area contributed by atoms with Gasteiger partial charge in [-0.2, -0.15) is 0 Å². The van der Waals surface area contributed by atoms with E-state index in [1.54, 1.807) is 20.8 Å². The summed E-state index contributed by atoms with van der Waals surface area (Å²) < 4.78 is 40.0. The fourth-order valence-electron chi connectivity index (χ4n) is 1.83. The van der Waals surface area contributed by atoms with Crippen LogP contribution < -0.4 is 0 Å². The number of esters is 1. The Morgan fingerprint density at radius 2 is 1.54 bits per heavy atom. The molecule has 0 saturated carbocycles. The molecule has 1 atom stereocenters. The van der Waals surface area contributed by atoms with Crippen LogP contribution in [-0.2, 0) is 32.3 Å². The van der Waals surface area contributed by atoms with E-state index in [2.05, 4.69) is 33.9 Å². The Labute approximate surface area is 159 Å². The van der Waals surface area contributed by atoms with Crippen molar-refractivity contribution in [1.82, 2.24) is 0 Å². The Morgan fingerprint density at radius 1 is 1.00 bits per heavy atom. The zero-order valence-electron chi connectivity index (χ0n) is 17.6. The predicted molar refractivity (Wildman–Crippen MR) is 105 cm³/mol. The molecule has 0 amide bonds. The van der Waals surface area contributed by atoms with E-state index in [1.807, 2.05) is 0 Å². The van der Waals surface area contributed by atoms with Gasteiger partial charge in [-0.3, -0.25) is 4.57 Å². The normalized spacial score (nSPS) is 14.3. The lowest BCUT2D eigenvalue weighted by atomic mass is 10.2. The maximum absolute atomic E-state index is 12.9. The standard InChI is InChI=1S/C17H37O7PSi/c1-9-20-15(18)16(25(19,22-10-2)23-11-3)21-13-12-14-24-26(7,8)17(4,5)6/h16H,9-14H2,1-8H3. The molecule has 0 aliphatic heterocycles. The zero-order chi connectivity index (χ0) is 20.4. The Kier molecular flexibility index (Phi) is 11.5. The molecule has 0 aromatic heterocycles. The minimum Gasteiger partial charge on any atom is -0.464 e. The lowest BCUT2D eigenvalue weighted by molar-refractivity contribution is -0.152. The van der Waals surface area contributed by atoms with Gasteiger partial charge in [-0.25, -0.2) is 4.79 Å². The summed E-state index contributed by atoms with van der Waals surface area (Å²) in [6.45, 7) is 17.1. The van der Waals surface area contributed by atoms with Crippen molar-refractivity contribution >= 4 is 21.9 Å². The summed E-state index contributed by atoms with van der Waals surface area (Å²) in [5, 5.41) is 0.126. The van der Waals surface area contributed by atoms with Gasteiger partial charge in [0, 0.05) is 6.61 Å². The van der Waals surface area contributed by atoms with Crippen LogP contribution in [0.3, 0.4) is 0 Å². The van der Waals surface area contributed by atoms with Crippen LogP contribution >= 0.6 is 7.60 Å². The molecule has 0 aliphatic rings. The topological polar surface area (TPSA) is 80.3 Å². The smallest absolute Gasteiger partial charge is 0.370 e. The Hall–Kier alpha value is -0.243. The zero-order valence-corrected chi connectivity index (χ0v) is 19.5. The first-order chi connectivity index (χ1) is 11.9. The van der Waals surface area contributed by atoms with Crippen molar-refractivity contribution in [3.8, 4) is 0 Å². The predicted octanol–water partition coefficient (Wildman–Crippen LogP) is 4.57. The first-order valence-corrected chi connectivity index (χ1v) is 13.8. The van der Waals surface area contributed by atoms with Gasteiger partial charge in [-0.05, 0) is 45.3 Å². The maximum Gasteiger partial charge on any atom is 0.370 e. The van der Waals surface area contributed by atoms with E-state index in [1.165, 1.54) is 0 Å². The highest BCUT2D eigenvalue weighted by molar-refractivity contribution is 7.55. The summed E-state index contributed by atoms with van der Waals surface area (Å²) in [5.74, 6) is -2.11. The van der Waals surface area contributed by atoms with Crippen molar-refractivity contribution in [3.05, 3.63) is 0 Å². The molecule has 0 heterocycles. The highest BCUT2D eigenvalue weighted by Crippen LogP contribution is 2.53. The first kappa shape index (κ1) is 25.8. The molecule has 7 nitrogen and oxygen atoms in total. The van der Waals surface area contributed by atoms with Gasteiger partial charge in [0.05, 0.1) is 26.4 Å². The molecule has 0 saturated heterocycles. The van der Waals surface area contributed by atoms with E-state index in [9.17, 15) is 9.36 Å². The van der Waals surface area contributed by atoms with Crippen LogP contribution in [-0.4, -0.2) is 53.2 Å². The molecule has 0 aromatic rings.